The molecule has 0 bridgehead atoms. The van der Waals surface area contributed by atoms with E-state index in [0.29, 0.717) is 17.0 Å². The highest BCUT2D eigenvalue weighted by Crippen LogP contribution is 2.15. The third kappa shape index (κ3) is 3.37. The predicted octanol–water partition coefficient (Wildman–Crippen LogP) is 2.57. The van der Waals surface area contributed by atoms with Crippen molar-refractivity contribution in [2.24, 2.45) is 0 Å². The summed E-state index contributed by atoms with van der Waals surface area (Å²) in [5.41, 5.74) is 2.35. The number of hydrogen-bond acceptors (Lipinski definition) is 4. The van der Waals surface area contributed by atoms with Gasteiger partial charge >= 0.3 is 0 Å². The highest BCUT2D eigenvalue weighted by Gasteiger charge is 2.06. The molecule has 0 aromatic heterocycles. The Labute approximate surface area is 118 Å². The maximum atomic E-state index is 11.4. The summed E-state index contributed by atoms with van der Waals surface area (Å²) in [6.07, 6.45) is 1.18. The molecule has 4 nitrogen and oxygen atoms in total. The number of anilines is 1. The van der Waals surface area contributed by atoms with E-state index in [4.69, 9.17) is 5.26 Å². The number of hydrogen-bond donors (Lipinski definition) is 1. The molecule has 0 heterocycles. The zero-order valence-corrected chi connectivity index (χ0v) is 11.8. The molecular weight excluding hydrogens is 272 g/mol. The molecule has 0 saturated heterocycles. The first-order valence-electron chi connectivity index (χ1n) is 6.03. The van der Waals surface area contributed by atoms with Gasteiger partial charge in [0.25, 0.3) is 0 Å². The maximum absolute atomic E-state index is 11.4. The molecule has 2 rings (SSSR count). The van der Waals surface area contributed by atoms with Gasteiger partial charge in [-0.15, -0.1) is 0 Å². The summed E-state index contributed by atoms with van der Waals surface area (Å²) < 4.78 is 22.7. The molecule has 0 radical (unpaired) electrons. The van der Waals surface area contributed by atoms with E-state index in [-0.39, 0.29) is 0 Å². The second-order valence-electron chi connectivity index (χ2n) is 4.42. The minimum absolute atomic E-state index is 0.292. The van der Waals surface area contributed by atoms with Gasteiger partial charge < -0.3 is 5.32 Å². The smallest absolute Gasteiger partial charge is 0.175 e. The summed E-state index contributed by atoms with van der Waals surface area (Å²) in [4.78, 5) is 0.292. The number of nitriles is 1. The van der Waals surface area contributed by atoms with Crippen LogP contribution < -0.4 is 5.32 Å². The van der Waals surface area contributed by atoms with Crippen LogP contribution in [-0.4, -0.2) is 14.7 Å². The van der Waals surface area contributed by atoms with E-state index >= 15 is 0 Å². The number of benzene rings is 2. The van der Waals surface area contributed by atoms with Crippen molar-refractivity contribution in [2.75, 3.05) is 11.6 Å². The lowest BCUT2D eigenvalue weighted by molar-refractivity contribution is 0.602. The van der Waals surface area contributed by atoms with Crippen LogP contribution in [0.1, 0.15) is 11.1 Å². The van der Waals surface area contributed by atoms with Crippen molar-refractivity contribution >= 4 is 15.5 Å². The van der Waals surface area contributed by atoms with Crippen molar-refractivity contribution in [3.63, 3.8) is 0 Å². The van der Waals surface area contributed by atoms with Gasteiger partial charge in [-0.25, -0.2) is 8.42 Å². The molecule has 0 aliphatic rings. The Bertz CT molecular complexity index is 744. The van der Waals surface area contributed by atoms with Crippen LogP contribution in [0.25, 0.3) is 0 Å². The van der Waals surface area contributed by atoms with Crippen LogP contribution in [0.3, 0.4) is 0 Å². The first kappa shape index (κ1) is 14.1. The number of nitrogens with zero attached hydrogens (tertiary/aromatic N) is 1. The summed E-state index contributed by atoms with van der Waals surface area (Å²) in [5, 5.41) is 12.2. The molecule has 2 aromatic carbocycles. The lowest BCUT2D eigenvalue weighted by atomic mass is 10.1. The van der Waals surface area contributed by atoms with Crippen molar-refractivity contribution < 1.29 is 8.42 Å². The summed E-state index contributed by atoms with van der Waals surface area (Å²) >= 11 is 0. The molecular formula is C15H14N2O2S. The number of sulfone groups is 1. The second-order valence-corrected chi connectivity index (χ2v) is 6.43. The molecule has 2 aromatic rings. The van der Waals surface area contributed by atoms with Crippen LogP contribution in [0.4, 0.5) is 5.69 Å². The fourth-order valence-electron chi connectivity index (χ4n) is 1.80. The molecule has 0 aliphatic carbocycles. The van der Waals surface area contributed by atoms with E-state index in [1.54, 1.807) is 30.3 Å². The van der Waals surface area contributed by atoms with E-state index in [0.717, 1.165) is 11.3 Å². The second kappa shape index (κ2) is 5.76. The van der Waals surface area contributed by atoms with Crippen LogP contribution in [0.15, 0.2) is 53.4 Å². The molecule has 1 N–H and O–H groups in total. The summed E-state index contributed by atoms with van der Waals surface area (Å²) in [7, 11) is -3.17. The molecule has 5 heteroatoms. The van der Waals surface area contributed by atoms with E-state index in [1.807, 2.05) is 18.2 Å². The molecule has 0 unspecified atom stereocenters. The fourth-order valence-corrected chi connectivity index (χ4v) is 2.43. The minimum Gasteiger partial charge on any atom is -0.381 e. The van der Waals surface area contributed by atoms with E-state index < -0.39 is 9.84 Å². The molecule has 0 saturated carbocycles. The summed E-state index contributed by atoms with van der Waals surface area (Å²) in [6, 6.07) is 16.1. The zero-order valence-electron chi connectivity index (χ0n) is 11.0. The SMILES string of the molecule is CS(=O)(=O)c1ccc(NCc2ccccc2C#N)cc1. The molecule has 102 valence electrons. The first-order chi connectivity index (χ1) is 9.50. The number of nitrogens with one attached hydrogen (secondary N) is 1. The lowest BCUT2D eigenvalue weighted by Gasteiger charge is -2.08. The van der Waals surface area contributed by atoms with Gasteiger partial charge in [-0.2, -0.15) is 5.26 Å². The zero-order chi connectivity index (χ0) is 14.6. The minimum atomic E-state index is -3.17. The van der Waals surface area contributed by atoms with Crippen LogP contribution in [0.2, 0.25) is 0 Å². The van der Waals surface area contributed by atoms with E-state index in [2.05, 4.69) is 11.4 Å². The Morgan fingerprint density at radius 2 is 1.75 bits per heavy atom. The predicted molar refractivity (Wildman–Crippen MR) is 78.0 cm³/mol. The van der Waals surface area contributed by atoms with Crippen molar-refractivity contribution in [1.29, 1.82) is 5.26 Å². The van der Waals surface area contributed by atoms with Gasteiger partial charge in [-0.1, -0.05) is 18.2 Å². The summed E-state index contributed by atoms with van der Waals surface area (Å²) in [5.74, 6) is 0. The molecule has 0 amide bonds. The highest BCUT2D eigenvalue weighted by atomic mass is 32.2. The van der Waals surface area contributed by atoms with Crippen LogP contribution in [0.5, 0.6) is 0 Å². The Morgan fingerprint density at radius 1 is 1.10 bits per heavy atom. The highest BCUT2D eigenvalue weighted by molar-refractivity contribution is 7.90. The van der Waals surface area contributed by atoms with Crippen molar-refractivity contribution in [3.8, 4) is 6.07 Å². The molecule has 0 aliphatic heterocycles. The molecule has 20 heavy (non-hydrogen) atoms. The maximum Gasteiger partial charge on any atom is 0.175 e. The largest absolute Gasteiger partial charge is 0.381 e. The van der Waals surface area contributed by atoms with Gasteiger partial charge in [0.05, 0.1) is 16.5 Å². The average Bonchev–Trinajstić information content (AvgIpc) is 2.45. The molecule has 0 spiro atoms. The Hall–Kier alpha value is -2.32. The van der Waals surface area contributed by atoms with Crippen molar-refractivity contribution in [3.05, 3.63) is 59.7 Å². The molecule has 0 fully saturated rings. The van der Waals surface area contributed by atoms with E-state index in [9.17, 15) is 8.42 Å². The van der Waals surface area contributed by atoms with Gasteiger partial charge in [-0.05, 0) is 35.9 Å². The fraction of sp³-hybridized carbons (Fsp3) is 0.133. The molecule has 0 atom stereocenters. The van der Waals surface area contributed by atoms with Crippen molar-refractivity contribution in [1.82, 2.24) is 0 Å². The Balaban J connectivity index is 2.10. The normalized spacial score (nSPS) is 10.8. The lowest BCUT2D eigenvalue weighted by Crippen LogP contribution is -2.02. The van der Waals surface area contributed by atoms with Crippen molar-refractivity contribution in [2.45, 2.75) is 11.4 Å². The quantitative estimate of drug-likeness (QED) is 0.937. The van der Waals surface area contributed by atoms with Crippen LogP contribution in [-0.2, 0) is 16.4 Å². The standard InChI is InChI=1S/C15H14N2O2S/c1-20(18,19)15-8-6-14(7-9-15)17-11-13-5-3-2-4-12(13)10-16/h2-9,17H,11H2,1H3. The van der Waals surface area contributed by atoms with Gasteiger partial charge in [-0.3, -0.25) is 0 Å². The topological polar surface area (TPSA) is 70.0 Å². The van der Waals surface area contributed by atoms with Gasteiger partial charge in [0.1, 0.15) is 0 Å². The third-order valence-electron chi connectivity index (χ3n) is 2.90. The van der Waals surface area contributed by atoms with E-state index in [1.165, 1.54) is 6.26 Å². The summed E-state index contributed by atoms with van der Waals surface area (Å²) in [6.45, 7) is 0.516. The van der Waals surface area contributed by atoms with Crippen LogP contribution in [0, 0.1) is 11.3 Å². The van der Waals surface area contributed by atoms with Crippen LogP contribution >= 0.6 is 0 Å². The van der Waals surface area contributed by atoms with Gasteiger partial charge in [0.15, 0.2) is 9.84 Å². The number of rotatable bonds is 4. The Morgan fingerprint density at radius 3 is 2.35 bits per heavy atom. The van der Waals surface area contributed by atoms with Gasteiger partial charge in [0.2, 0.25) is 0 Å². The average molecular weight is 286 g/mol. The first-order valence-corrected chi connectivity index (χ1v) is 7.92. The monoisotopic (exact) mass is 286 g/mol. The van der Waals surface area contributed by atoms with Gasteiger partial charge in [0, 0.05) is 18.5 Å². The third-order valence-corrected chi connectivity index (χ3v) is 4.03. The Kier molecular flexibility index (Phi) is 4.06.